The van der Waals surface area contributed by atoms with Crippen LogP contribution in [0.25, 0.3) is 0 Å². The van der Waals surface area contributed by atoms with E-state index in [0.29, 0.717) is 6.41 Å². The molecule has 0 spiro atoms. The number of carbonyl (C=O) groups excluding carboxylic acids is 1. The molecule has 0 aliphatic carbocycles. The SMILES string of the molecule is O=CNc1ccnn1CCCCN1CCN(c2ncccn2)CC1. The predicted molar refractivity (Wildman–Crippen MR) is 91.8 cm³/mol. The minimum Gasteiger partial charge on any atom is -0.338 e. The molecule has 2 aromatic heterocycles. The molecule has 0 radical (unpaired) electrons. The number of piperazine rings is 1. The second-order valence-electron chi connectivity index (χ2n) is 5.79. The zero-order valence-corrected chi connectivity index (χ0v) is 13.7. The summed E-state index contributed by atoms with van der Waals surface area (Å²) in [6.45, 7) is 5.92. The maximum Gasteiger partial charge on any atom is 0.225 e. The van der Waals surface area contributed by atoms with E-state index >= 15 is 0 Å². The van der Waals surface area contributed by atoms with E-state index in [1.165, 1.54) is 0 Å². The molecular weight excluding hydrogens is 306 g/mol. The summed E-state index contributed by atoms with van der Waals surface area (Å²) in [6.07, 6.45) is 8.12. The van der Waals surface area contributed by atoms with Crippen LogP contribution in [0.5, 0.6) is 0 Å². The number of amides is 1. The molecule has 24 heavy (non-hydrogen) atoms. The monoisotopic (exact) mass is 329 g/mol. The van der Waals surface area contributed by atoms with Gasteiger partial charge in [0, 0.05) is 51.2 Å². The lowest BCUT2D eigenvalue weighted by Gasteiger charge is -2.34. The van der Waals surface area contributed by atoms with Gasteiger partial charge in [0.2, 0.25) is 12.4 Å². The number of nitrogens with zero attached hydrogens (tertiary/aromatic N) is 6. The summed E-state index contributed by atoms with van der Waals surface area (Å²) in [5.74, 6) is 1.58. The Kier molecular flexibility index (Phi) is 5.73. The minimum atomic E-state index is 0.684. The van der Waals surface area contributed by atoms with Gasteiger partial charge in [-0.15, -0.1) is 0 Å². The van der Waals surface area contributed by atoms with Crippen LogP contribution in [0.1, 0.15) is 12.8 Å². The van der Waals surface area contributed by atoms with Crippen molar-refractivity contribution in [1.82, 2.24) is 24.6 Å². The van der Waals surface area contributed by atoms with Crippen LogP contribution in [-0.4, -0.2) is 63.8 Å². The molecule has 128 valence electrons. The number of nitrogens with one attached hydrogen (secondary N) is 1. The smallest absolute Gasteiger partial charge is 0.225 e. The normalized spacial score (nSPS) is 15.4. The average Bonchev–Trinajstić information content (AvgIpc) is 3.08. The Hall–Kier alpha value is -2.48. The number of anilines is 2. The lowest BCUT2D eigenvalue weighted by Crippen LogP contribution is -2.47. The van der Waals surface area contributed by atoms with Crippen LogP contribution in [0, 0.1) is 0 Å². The van der Waals surface area contributed by atoms with Gasteiger partial charge in [-0.25, -0.2) is 14.6 Å². The first-order chi connectivity index (χ1) is 11.9. The van der Waals surface area contributed by atoms with Crippen molar-refractivity contribution in [2.45, 2.75) is 19.4 Å². The summed E-state index contributed by atoms with van der Waals surface area (Å²) in [6, 6.07) is 3.65. The van der Waals surface area contributed by atoms with Gasteiger partial charge in [0.25, 0.3) is 0 Å². The van der Waals surface area contributed by atoms with Crippen LogP contribution in [-0.2, 0) is 11.3 Å². The molecule has 3 rings (SSSR count). The summed E-state index contributed by atoms with van der Waals surface area (Å²) in [7, 11) is 0. The minimum absolute atomic E-state index is 0.684. The average molecular weight is 329 g/mol. The number of unbranched alkanes of at least 4 members (excludes halogenated alkanes) is 1. The van der Waals surface area contributed by atoms with Gasteiger partial charge in [0.05, 0.1) is 6.20 Å². The summed E-state index contributed by atoms with van der Waals surface area (Å²) in [5.41, 5.74) is 0. The first-order valence-corrected chi connectivity index (χ1v) is 8.33. The van der Waals surface area contributed by atoms with Crippen LogP contribution < -0.4 is 10.2 Å². The molecule has 0 saturated carbocycles. The molecule has 0 bridgehead atoms. The maximum atomic E-state index is 10.5. The number of aromatic nitrogens is 4. The van der Waals surface area contributed by atoms with Crippen LogP contribution in [0.2, 0.25) is 0 Å². The molecule has 8 heteroatoms. The molecule has 0 unspecified atom stereocenters. The first-order valence-electron chi connectivity index (χ1n) is 8.33. The fourth-order valence-electron chi connectivity index (χ4n) is 2.92. The molecule has 1 aliphatic rings. The molecule has 0 atom stereocenters. The molecule has 1 fully saturated rings. The van der Waals surface area contributed by atoms with Crippen molar-refractivity contribution in [3.63, 3.8) is 0 Å². The molecule has 1 saturated heterocycles. The zero-order valence-electron chi connectivity index (χ0n) is 13.7. The van der Waals surface area contributed by atoms with E-state index in [1.54, 1.807) is 24.7 Å². The van der Waals surface area contributed by atoms with E-state index in [0.717, 1.165) is 63.9 Å². The lowest BCUT2D eigenvalue weighted by atomic mass is 10.2. The molecule has 2 aromatic rings. The van der Waals surface area contributed by atoms with Crippen molar-refractivity contribution in [1.29, 1.82) is 0 Å². The second-order valence-corrected chi connectivity index (χ2v) is 5.79. The van der Waals surface area contributed by atoms with Crippen molar-refractivity contribution in [2.75, 3.05) is 42.9 Å². The van der Waals surface area contributed by atoms with Gasteiger partial charge < -0.3 is 10.2 Å². The third-order valence-corrected chi connectivity index (χ3v) is 4.22. The van der Waals surface area contributed by atoms with Crippen LogP contribution >= 0.6 is 0 Å². The topological polar surface area (TPSA) is 79.2 Å². The largest absolute Gasteiger partial charge is 0.338 e. The Balaban J connectivity index is 1.35. The lowest BCUT2D eigenvalue weighted by molar-refractivity contribution is -0.105. The van der Waals surface area contributed by atoms with Gasteiger partial charge in [-0.05, 0) is 25.5 Å². The summed E-state index contributed by atoms with van der Waals surface area (Å²) in [4.78, 5) is 23.9. The zero-order chi connectivity index (χ0) is 16.6. The van der Waals surface area contributed by atoms with Gasteiger partial charge >= 0.3 is 0 Å². The molecule has 0 aromatic carbocycles. The number of rotatable bonds is 8. The van der Waals surface area contributed by atoms with Crippen molar-refractivity contribution >= 4 is 18.2 Å². The number of aryl methyl sites for hydroxylation is 1. The van der Waals surface area contributed by atoms with Gasteiger partial charge in [0.15, 0.2) is 0 Å². The fraction of sp³-hybridized carbons (Fsp3) is 0.500. The third kappa shape index (κ3) is 4.29. The van der Waals surface area contributed by atoms with Gasteiger partial charge in [-0.2, -0.15) is 5.10 Å². The highest BCUT2D eigenvalue weighted by Gasteiger charge is 2.18. The van der Waals surface area contributed by atoms with Crippen molar-refractivity contribution < 1.29 is 4.79 Å². The standard InChI is InChI=1S/C16H23N7O/c24-14-19-15-4-7-20-23(15)9-2-1-8-21-10-12-22(13-11-21)16-17-5-3-6-18-16/h3-7,14H,1-2,8-13H2,(H,19,24). The summed E-state index contributed by atoms with van der Waals surface area (Å²) in [5, 5.41) is 6.88. The van der Waals surface area contributed by atoms with Crippen LogP contribution in [0.3, 0.4) is 0 Å². The molecular formula is C16H23N7O. The molecule has 1 aliphatic heterocycles. The molecule has 1 N–H and O–H groups in total. The maximum absolute atomic E-state index is 10.5. The van der Waals surface area contributed by atoms with Gasteiger partial charge in [-0.1, -0.05) is 0 Å². The van der Waals surface area contributed by atoms with E-state index in [9.17, 15) is 4.79 Å². The van der Waals surface area contributed by atoms with E-state index in [1.807, 2.05) is 10.7 Å². The fourth-order valence-corrected chi connectivity index (χ4v) is 2.92. The quantitative estimate of drug-likeness (QED) is 0.571. The van der Waals surface area contributed by atoms with Gasteiger partial charge in [0.1, 0.15) is 5.82 Å². The van der Waals surface area contributed by atoms with Crippen LogP contribution in [0.15, 0.2) is 30.7 Å². The van der Waals surface area contributed by atoms with Crippen molar-refractivity contribution in [3.05, 3.63) is 30.7 Å². The van der Waals surface area contributed by atoms with Crippen LogP contribution in [0.4, 0.5) is 11.8 Å². The highest BCUT2D eigenvalue weighted by Crippen LogP contribution is 2.11. The van der Waals surface area contributed by atoms with E-state index in [-0.39, 0.29) is 0 Å². The Morgan fingerprint density at radius 1 is 1.04 bits per heavy atom. The summed E-state index contributed by atoms with van der Waals surface area (Å²) >= 11 is 0. The highest BCUT2D eigenvalue weighted by molar-refractivity contribution is 5.68. The van der Waals surface area contributed by atoms with E-state index in [4.69, 9.17) is 0 Å². The number of hydrogen-bond acceptors (Lipinski definition) is 6. The number of hydrogen-bond donors (Lipinski definition) is 1. The Morgan fingerprint density at radius 2 is 1.79 bits per heavy atom. The third-order valence-electron chi connectivity index (χ3n) is 4.22. The number of carbonyl (C=O) groups is 1. The van der Waals surface area contributed by atoms with Crippen molar-refractivity contribution in [2.24, 2.45) is 0 Å². The highest BCUT2D eigenvalue weighted by atomic mass is 16.1. The van der Waals surface area contributed by atoms with Crippen molar-refractivity contribution in [3.8, 4) is 0 Å². The van der Waals surface area contributed by atoms with E-state index < -0.39 is 0 Å². The molecule has 3 heterocycles. The molecule has 8 nitrogen and oxygen atoms in total. The predicted octanol–water partition coefficient (Wildman–Crippen LogP) is 0.844. The molecule has 1 amide bonds. The summed E-state index contributed by atoms with van der Waals surface area (Å²) < 4.78 is 1.83. The Bertz CT molecular complexity index is 622. The van der Waals surface area contributed by atoms with Gasteiger partial charge in [-0.3, -0.25) is 9.69 Å². The second kappa shape index (κ2) is 8.39. The van der Waals surface area contributed by atoms with E-state index in [2.05, 4.69) is 30.2 Å². The first kappa shape index (κ1) is 16.4. The Labute approximate surface area is 141 Å². The Morgan fingerprint density at radius 3 is 2.54 bits per heavy atom.